The highest BCUT2D eigenvalue weighted by molar-refractivity contribution is 14.1. The molecule has 0 saturated heterocycles. The van der Waals surface area contributed by atoms with Crippen LogP contribution in [-0.2, 0) is 4.74 Å². The molecule has 27 heavy (non-hydrogen) atoms. The van der Waals surface area contributed by atoms with Gasteiger partial charge in [0.1, 0.15) is 10.6 Å². The summed E-state index contributed by atoms with van der Waals surface area (Å²) in [6.07, 6.45) is 5.48. The summed E-state index contributed by atoms with van der Waals surface area (Å²) in [5.74, 6) is -0.372. The lowest BCUT2D eigenvalue weighted by Gasteiger charge is -2.23. The fraction of sp³-hybridized carbons (Fsp3) is 0.400. The molecule has 1 heterocycles. The molecule has 1 aliphatic rings. The van der Waals surface area contributed by atoms with Gasteiger partial charge in [-0.05, 0) is 37.3 Å². The molecular formula is C20H21ClINO3S. The van der Waals surface area contributed by atoms with Crippen molar-refractivity contribution in [2.75, 3.05) is 10.2 Å². The number of carbonyl (C=O) groups is 2. The van der Waals surface area contributed by atoms with Gasteiger partial charge < -0.3 is 4.74 Å². The quantitative estimate of drug-likeness (QED) is 0.263. The maximum Gasteiger partial charge on any atom is 0.341 e. The largest absolute Gasteiger partial charge is 0.465 e. The van der Waals surface area contributed by atoms with Crippen molar-refractivity contribution in [1.82, 2.24) is 0 Å². The zero-order chi connectivity index (χ0) is 19.6. The average molecular weight is 518 g/mol. The van der Waals surface area contributed by atoms with Crippen LogP contribution in [0.1, 0.15) is 69.9 Å². The van der Waals surface area contributed by atoms with Crippen LogP contribution >= 0.6 is 45.8 Å². The van der Waals surface area contributed by atoms with Gasteiger partial charge in [-0.2, -0.15) is 0 Å². The molecular weight excluding hydrogens is 497 g/mol. The number of halogens is 2. The van der Waals surface area contributed by atoms with Gasteiger partial charge in [0, 0.05) is 11.1 Å². The Balaban J connectivity index is 2.05. The number of esters is 1. The van der Waals surface area contributed by atoms with Gasteiger partial charge in [0.15, 0.2) is 0 Å². The van der Waals surface area contributed by atoms with Crippen LogP contribution in [0, 0.1) is 6.92 Å². The molecule has 2 aromatic rings. The van der Waals surface area contributed by atoms with Crippen LogP contribution in [0.15, 0.2) is 24.3 Å². The molecule has 0 aliphatic heterocycles. The Morgan fingerprint density at radius 1 is 1.22 bits per heavy atom. The molecule has 144 valence electrons. The smallest absolute Gasteiger partial charge is 0.341 e. The second-order valence-corrected chi connectivity index (χ2v) is 9.26. The Bertz CT molecular complexity index is 861. The van der Waals surface area contributed by atoms with E-state index in [1.165, 1.54) is 28.0 Å². The van der Waals surface area contributed by atoms with Crippen molar-refractivity contribution in [1.29, 1.82) is 0 Å². The van der Waals surface area contributed by atoms with Crippen LogP contribution in [0.25, 0.3) is 0 Å². The number of carbonyl (C=O) groups excluding carboxylic acids is 2. The van der Waals surface area contributed by atoms with Crippen LogP contribution in [0.5, 0.6) is 0 Å². The molecule has 1 aromatic heterocycles. The Labute approximate surface area is 182 Å². The molecule has 0 bridgehead atoms. The van der Waals surface area contributed by atoms with E-state index in [2.05, 4.69) is 0 Å². The number of methoxy groups -OCH3 is 1. The van der Waals surface area contributed by atoms with Gasteiger partial charge in [-0.25, -0.2) is 7.91 Å². The van der Waals surface area contributed by atoms with E-state index in [0.29, 0.717) is 20.5 Å². The van der Waals surface area contributed by atoms with Crippen molar-refractivity contribution in [2.24, 2.45) is 0 Å². The molecule has 4 nitrogen and oxygen atoms in total. The maximum atomic E-state index is 13.1. The Kier molecular flexibility index (Phi) is 6.81. The van der Waals surface area contributed by atoms with E-state index >= 15 is 0 Å². The van der Waals surface area contributed by atoms with Crippen molar-refractivity contribution in [3.8, 4) is 0 Å². The molecule has 0 atom stereocenters. The highest BCUT2D eigenvalue weighted by atomic mass is 127. The molecule has 1 aromatic carbocycles. The van der Waals surface area contributed by atoms with E-state index in [-0.39, 0.29) is 11.8 Å². The summed E-state index contributed by atoms with van der Waals surface area (Å²) in [7, 11) is 1.36. The van der Waals surface area contributed by atoms with Gasteiger partial charge in [0.05, 0.1) is 34.3 Å². The van der Waals surface area contributed by atoms with Crippen molar-refractivity contribution in [3.63, 3.8) is 0 Å². The minimum Gasteiger partial charge on any atom is -0.465 e. The third-order valence-electron chi connectivity index (χ3n) is 5.02. The van der Waals surface area contributed by atoms with E-state index < -0.39 is 5.97 Å². The van der Waals surface area contributed by atoms with E-state index in [0.717, 1.165) is 36.8 Å². The first-order chi connectivity index (χ1) is 13.0. The molecule has 1 aliphatic carbocycles. The Morgan fingerprint density at radius 2 is 1.89 bits per heavy atom. The Hall–Kier alpha value is -1.12. The molecule has 0 N–H and O–H groups in total. The van der Waals surface area contributed by atoms with Gasteiger partial charge in [-0.3, -0.25) is 4.79 Å². The zero-order valence-corrected chi connectivity index (χ0v) is 19.0. The van der Waals surface area contributed by atoms with Crippen LogP contribution in [0.4, 0.5) is 5.00 Å². The van der Waals surface area contributed by atoms with Crippen LogP contribution < -0.4 is 3.11 Å². The van der Waals surface area contributed by atoms with Crippen LogP contribution in [0.2, 0.25) is 4.34 Å². The second-order valence-electron chi connectivity index (χ2n) is 6.70. The first kappa shape index (κ1) is 20.6. The number of amides is 1. The van der Waals surface area contributed by atoms with Crippen molar-refractivity contribution >= 4 is 62.7 Å². The van der Waals surface area contributed by atoms with E-state index in [9.17, 15) is 9.59 Å². The third kappa shape index (κ3) is 4.17. The first-order valence-electron chi connectivity index (χ1n) is 8.92. The summed E-state index contributed by atoms with van der Waals surface area (Å²) in [4.78, 5) is 25.7. The predicted octanol–water partition coefficient (Wildman–Crippen LogP) is 6.54. The average Bonchev–Trinajstić information content (AvgIpc) is 3.04. The maximum absolute atomic E-state index is 13.1. The molecule has 1 amide bonds. The summed E-state index contributed by atoms with van der Waals surface area (Å²) in [6, 6.07) is 7.42. The first-order valence-corrected chi connectivity index (χ1v) is 11.1. The number of benzene rings is 1. The number of aryl methyl sites for hydroxylation is 1. The van der Waals surface area contributed by atoms with Crippen molar-refractivity contribution in [2.45, 2.75) is 44.9 Å². The zero-order valence-electron chi connectivity index (χ0n) is 15.3. The number of thiophene rings is 1. The highest BCUT2D eigenvalue weighted by Gasteiger charge is 2.33. The summed E-state index contributed by atoms with van der Waals surface area (Å²) in [5.41, 5.74) is 2.78. The van der Waals surface area contributed by atoms with Crippen molar-refractivity contribution in [3.05, 3.63) is 50.9 Å². The molecule has 0 unspecified atom stereocenters. The topological polar surface area (TPSA) is 46.6 Å². The number of nitrogens with zero attached hydrogens (tertiary/aromatic N) is 1. The van der Waals surface area contributed by atoms with Crippen molar-refractivity contribution < 1.29 is 14.3 Å². The lowest BCUT2D eigenvalue weighted by Crippen LogP contribution is -2.22. The number of hydrogen-bond donors (Lipinski definition) is 0. The van der Waals surface area contributed by atoms with E-state index in [4.69, 9.17) is 16.3 Å². The summed E-state index contributed by atoms with van der Waals surface area (Å²) in [6.45, 7) is 1.90. The minimum atomic E-state index is -0.437. The molecule has 3 rings (SSSR count). The van der Waals surface area contributed by atoms with Gasteiger partial charge in [0.2, 0.25) is 0 Å². The molecule has 1 saturated carbocycles. The number of anilines is 1. The Morgan fingerprint density at radius 3 is 2.52 bits per heavy atom. The molecule has 0 spiro atoms. The lowest BCUT2D eigenvalue weighted by atomic mass is 9.83. The van der Waals surface area contributed by atoms with Crippen LogP contribution in [-0.4, -0.2) is 19.0 Å². The van der Waals surface area contributed by atoms with Crippen LogP contribution in [0.3, 0.4) is 0 Å². The number of hydrogen-bond acceptors (Lipinski definition) is 4. The SMILES string of the molecule is COC(=O)c1c(N(I)C(=O)c2ccccc2C)sc(Cl)c1C1CCCCC1. The summed E-state index contributed by atoms with van der Waals surface area (Å²) in [5, 5.41) is 0.543. The molecule has 0 radical (unpaired) electrons. The van der Waals surface area contributed by atoms with Gasteiger partial charge in [-0.15, -0.1) is 11.3 Å². The molecule has 7 heteroatoms. The third-order valence-corrected chi connectivity index (χ3v) is 7.68. The lowest BCUT2D eigenvalue weighted by molar-refractivity contribution is 0.0600. The fourth-order valence-corrected chi connectivity index (χ4v) is 5.88. The fourth-order valence-electron chi connectivity index (χ4n) is 3.61. The summed E-state index contributed by atoms with van der Waals surface area (Å²) >= 11 is 9.82. The second kappa shape index (κ2) is 8.92. The van der Waals surface area contributed by atoms with E-state index in [1.807, 2.05) is 48.0 Å². The summed E-state index contributed by atoms with van der Waals surface area (Å²) < 4.78 is 7.12. The normalized spacial score (nSPS) is 14.8. The van der Waals surface area contributed by atoms with Gasteiger partial charge in [0.25, 0.3) is 5.91 Å². The predicted molar refractivity (Wildman–Crippen MR) is 119 cm³/mol. The highest BCUT2D eigenvalue weighted by Crippen LogP contribution is 2.48. The monoisotopic (exact) mass is 517 g/mol. The van der Waals surface area contributed by atoms with Gasteiger partial charge >= 0.3 is 5.97 Å². The van der Waals surface area contributed by atoms with Gasteiger partial charge in [-0.1, -0.05) is 49.1 Å². The minimum absolute atomic E-state index is 0.174. The van der Waals surface area contributed by atoms with E-state index in [1.54, 1.807) is 6.07 Å². The number of rotatable bonds is 4. The molecule has 1 fully saturated rings. The standard InChI is InChI=1S/C20H21ClINO3S/c1-12-8-6-7-11-14(12)18(24)23(22)19-16(20(25)26-2)15(17(21)27-19)13-9-4-3-5-10-13/h6-8,11,13H,3-5,9-10H2,1-2H3. The number of ether oxygens (including phenoxy) is 1.